The van der Waals surface area contributed by atoms with Gasteiger partial charge in [0.1, 0.15) is 0 Å². The van der Waals surface area contributed by atoms with Crippen molar-refractivity contribution in [2.45, 2.75) is 38.3 Å². The summed E-state index contributed by atoms with van der Waals surface area (Å²) in [5, 5.41) is 0. The van der Waals surface area contributed by atoms with Crippen molar-refractivity contribution < 1.29 is 19.4 Å². The van der Waals surface area contributed by atoms with Gasteiger partial charge in [-0.2, -0.15) is 1.33 Å². The van der Waals surface area contributed by atoms with E-state index < -0.39 is 0 Å². The van der Waals surface area contributed by atoms with Crippen molar-refractivity contribution in [2.75, 3.05) is 0 Å². The SMILES string of the molecule is C=CCn1ccn(C)[c]1=[Pt].IN(I)C1CCCC1. The molecule has 0 bridgehead atoms. The molecule has 0 unspecified atom stereocenters. The second-order valence-electron chi connectivity index (χ2n) is 4.29. The van der Waals surface area contributed by atoms with Gasteiger partial charge in [0.15, 0.2) is 0 Å². The monoisotopic (exact) mass is 654 g/mol. The van der Waals surface area contributed by atoms with Crippen LogP contribution in [-0.4, -0.2) is 16.5 Å². The molecular weight excluding hydrogens is 635 g/mol. The van der Waals surface area contributed by atoms with Gasteiger partial charge in [0, 0.05) is 51.8 Å². The summed E-state index contributed by atoms with van der Waals surface area (Å²) < 4.78 is 7.71. The largest absolute Gasteiger partial charge is 0.185 e. The second-order valence-corrected chi connectivity index (χ2v) is 9.23. The number of aryl methyl sites for hydroxylation is 1. The maximum absolute atomic E-state index is 3.67. The van der Waals surface area contributed by atoms with Gasteiger partial charge in [0.2, 0.25) is 0 Å². The predicted molar refractivity (Wildman–Crippen MR) is 89.0 cm³/mol. The summed E-state index contributed by atoms with van der Waals surface area (Å²) in [6, 6.07) is 0.871. The molecule has 0 atom stereocenters. The number of rotatable bonds is 3. The molecule has 1 fully saturated rings. The minimum absolute atomic E-state index is 0.871. The summed E-state index contributed by atoms with van der Waals surface area (Å²) in [5.74, 6) is 0. The zero-order valence-electron chi connectivity index (χ0n) is 10.5. The van der Waals surface area contributed by atoms with Crippen molar-refractivity contribution in [3.8, 4) is 0 Å². The molecule has 0 aromatic carbocycles. The van der Waals surface area contributed by atoms with Gasteiger partial charge in [0.25, 0.3) is 0 Å². The zero-order chi connectivity index (χ0) is 13.5. The molecule has 18 heavy (non-hydrogen) atoms. The zero-order valence-corrected chi connectivity index (χ0v) is 17.1. The number of imidazole rings is 1. The molecule has 1 heterocycles. The molecule has 0 aliphatic heterocycles. The van der Waals surface area contributed by atoms with Crippen molar-refractivity contribution in [1.82, 2.24) is 10.5 Å². The Balaban J connectivity index is 0.000000184. The van der Waals surface area contributed by atoms with E-state index in [1.807, 2.05) is 25.5 Å². The van der Waals surface area contributed by atoms with Gasteiger partial charge in [-0.3, -0.25) is 0 Å². The summed E-state index contributed by atoms with van der Waals surface area (Å²) in [6.45, 7) is 4.56. The van der Waals surface area contributed by atoms with Gasteiger partial charge in [0.05, 0.1) is 0 Å². The minimum Gasteiger partial charge on any atom is -0.185 e. The molecule has 6 heteroatoms. The van der Waals surface area contributed by atoms with E-state index in [1.165, 1.54) is 29.5 Å². The first-order valence-electron chi connectivity index (χ1n) is 5.95. The van der Waals surface area contributed by atoms with Gasteiger partial charge < -0.3 is 0 Å². The van der Waals surface area contributed by atoms with Crippen LogP contribution in [0.1, 0.15) is 25.7 Å². The molecule has 1 aliphatic rings. The van der Waals surface area contributed by atoms with Crippen molar-refractivity contribution in [3.63, 3.8) is 0 Å². The fraction of sp³-hybridized carbons (Fsp3) is 0.583. The van der Waals surface area contributed by atoms with E-state index in [1.54, 1.807) is 0 Å². The Morgan fingerprint density at radius 2 is 2.06 bits per heavy atom. The van der Waals surface area contributed by atoms with Crippen LogP contribution in [0.3, 0.4) is 0 Å². The first kappa shape index (κ1) is 17.1. The molecule has 0 radical (unpaired) electrons. The molecule has 1 aromatic heterocycles. The molecule has 106 valence electrons. The smallest absolute Gasteiger partial charge is 0.0311 e. The Bertz CT molecular complexity index is 419. The van der Waals surface area contributed by atoms with Crippen LogP contribution in [0.15, 0.2) is 25.0 Å². The molecule has 1 saturated carbocycles. The quantitative estimate of drug-likeness (QED) is 0.273. The average molecular weight is 654 g/mol. The van der Waals surface area contributed by atoms with Crippen LogP contribution in [0, 0.1) is 3.80 Å². The van der Waals surface area contributed by atoms with Crippen molar-refractivity contribution in [3.05, 3.63) is 28.9 Å². The third kappa shape index (κ3) is 5.59. The first-order valence-corrected chi connectivity index (χ1v) is 9.01. The summed E-state index contributed by atoms with van der Waals surface area (Å²) in [5.41, 5.74) is 0. The van der Waals surface area contributed by atoms with Gasteiger partial charge in [-0.25, -0.2) is 0 Å². The molecule has 2 rings (SSSR count). The Morgan fingerprint density at radius 3 is 2.39 bits per heavy atom. The number of nitrogens with zero attached hydrogens (tertiary/aromatic N) is 3. The topological polar surface area (TPSA) is 13.1 Å². The molecule has 1 aromatic rings. The standard InChI is InChI=1S/C7H10N2.C5H9I2N.Pt/c1-3-4-9-6-5-8(2)7-9;6-8(7)5-3-1-2-4-5;/h3,5-6H,1,4H2,2H3;5H,1-4H2;. The number of aromatic nitrogens is 2. The van der Waals surface area contributed by atoms with E-state index in [-0.39, 0.29) is 0 Å². The molecule has 0 amide bonds. The van der Waals surface area contributed by atoms with E-state index in [0.29, 0.717) is 0 Å². The van der Waals surface area contributed by atoms with Crippen LogP contribution in [-0.2, 0) is 32.9 Å². The van der Waals surface area contributed by atoms with Crippen LogP contribution >= 0.6 is 45.7 Å². The molecule has 1 aliphatic carbocycles. The van der Waals surface area contributed by atoms with Gasteiger partial charge >= 0.3 is 70.9 Å². The summed E-state index contributed by atoms with van der Waals surface area (Å²) >= 11 is 7.01. The average Bonchev–Trinajstić information content (AvgIpc) is 2.96. The van der Waals surface area contributed by atoms with Crippen LogP contribution in [0.4, 0.5) is 0 Å². The van der Waals surface area contributed by atoms with E-state index in [2.05, 4.69) is 82.1 Å². The Morgan fingerprint density at radius 1 is 1.44 bits per heavy atom. The first-order chi connectivity index (χ1) is 8.56. The number of hydrogen-bond acceptors (Lipinski definition) is 1. The normalized spacial score (nSPS) is 15.7. The van der Waals surface area contributed by atoms with Crippen LogP contribution in [0.5, 0.6) is 0 Å². The third-order valence-corrected chi connectivity index (χ3v) is 5.91. The van der Waals surface area contributed by atoms with Crippen LogP contribution in [0.2, 0.25) is 0 Å². The van der Waals surface area contributed by atoms with E-state index in [9.17, 15) is 0 Å². The summed E-state index contributed by atoms with van der Waals surface area (Å²) in [6.07, 6.45) is 11.7. The van der Waals surface area contributed by atoms with Gasteiger partial charge in [-0.1, -0.05) is 12.8 Å². The van der Waals surface area contributed by atoms with Crippen LogP contribution in [0.25, 0.3) is 0 Å². The molecular formula is C12H19I2N3Pt. The van der Waals surface area contributed by atoms with Gasteiger partial charge in [-0.05, 0) is 12.8 Å². The van der Waals surface area contributed by atoms with Crippen molar-refractivity contribution >= 4 is 45.7 Å². The molecule has 0 saturated heterocycles. The maximum atomic E-state index is 3.67. The Kier molecular flexibility index (Phi) is 8.63. The second kappa shape index (κ2) is 9.08. The molecule has 0 N–H and O–H groups in total. The minimum atomic E-state index is 0.871. The van der Waals surface area contributed by atoms with E-state index >= 15 is 0 Å². The Labute approximate surface area is 148 Å². The summed E-state index contributed by atoms with van der Waals surface area (Å²) in [7, 11) is 2.03. The maximum Gasteiger partial charge on any atom is 0.0311 e. The molecule has 0 spiro atoms. The van der Waals surface area contributed by atoms with Crippen molar-refractivity contribution in [2.24, 2.45) is 7.05 Å². The van der Waals surface area contributed by atoms with E-state index in [0.717, 1.165) is 12.6 Å². The fourth-order valence-electron chi connectivity index (χ4n) is 1.87. The third-order valence-electron chi connectivity index (χ3n) is 2.89. The molecule has 3 nitrogen and oxygen atoms in total. The number of hydrogen-bond donors (Lipinski definition) is 0. The van der Waals surface area contributed by atoms with Gasteiger partial charge in [-0.15, -0.1) is 0 Å². The predicted octanol–water partition coefficient (Wildman–Crippen LogP) is 4.02. The van der Waals surface area contributed by atoms with E-state index in [4.69, 9.17) is 0 Å². The fourth-order valence-corrected chi connectivity index (χ4v) is 3.53. The van der Waals surface area contributed by atoms with Crippen molar-refractivity contribution in [1.29, 1.82) is 0 Å². The number of allylic oxidation sites excluding steroid dienone is 1. The summed E-state index contributed by atoms with van der Waals surface area (Å²) in [4.78, 5) is 0. The number of halogens is 2. The Hall–Kier alpha value is 1.06. The van der Waals surface area contributed by atoms with Crippen LogP contribution < -0.4 is 0 Å².